The molecule has 3 nitrogen and oxygen atoms in total. The third-order valence-electron chi connectivity index (χ3n) is 2.69. The number of hydrogen-bond acceptors (Lipinski definition) is 3. The minimum absolute atomic E-state index is 0.363. The van der Waals surface area contributed by atoms with Crippen molar-refractivity contribution in [2.45, 2.75) is 6.29 Å². The largest absolute Gasteiger partial charge is 0.497 e. The highest BCUT2D eigenvalue weighted by molar-refractivity contribution is 5.48. The molecule has 3 rings (SSSR count). The van der Waals surface area contributed by atoms with Gasteiger partial charge in [0, 0.05) is 11.6 Å². The smallest absolute Gasteiger partial charge is 0.267 e. The molecule has 2 aromatic carbocycles. The number of fused-ring (bicyclic) bond motifs is 1. The van der Waals surface area contributed by atoms with Gasteiger partial charge in [0.15, 0.2) is 11.5 Å². The quantitative estimate of drug-likeness (QED) is 0.790. The van der Waals surface area contributed by atoms with Crippen molar-refractivity contribution in [2.75, 3.05) is 7.11 Å². The fraction of sp³-hybridized carbons (Fsp3) is 0.143. The standard InChI is InChI=1S/C14H12O3/c1-15-11-7-8-12-13(9-11)17-14(16-12)10-5-3-2-4-6-10/h2-9,14H,1H3. The van der Waals surface area contributed by atoms with Crippen molar-refractivity contribution in [3.8, 4) is 17.2 Å². The Kier molecular flexibility index (Phi) is 2.37. The third-order valence-corrected chi connectivity index (χ3v) is 2.69. The maximum Gasteiger partial charge on any atom is 0.267 e. The van der Waals surface area contributed by atoms with Crippen molar-refractivity contribution >= 4 is 0 Å². The molecule has 1 aliphatic heterocycles. The van der Waals surface area contributed by atoms with Crippen LogP contribution in [0.2, 0.25) is 0 Å². The first-order chi connectivity index (χ1) is 8.36. The van der Waals surface area contributed by atoms with Crippen molar-refractivity contribution in [1.29, 1.82) is 0 Å². The van der Waals surface area contributed by atoms with E-state index < -0.39 is 0 Å². The van der Waals surface area contributed by atoms with Gasteiger partial charge in [0.05, 0.1) is 7.11 Å². The molecule has 86 valence electrons. The van der Waals surface area contributed by atoms with Crippen LogP contribution in [0.3, 0.4) is 0 Å². The lowest BCUT2D eigenvalue weighted by Gasteiger charge is -2.09. The van der Waals surface area contributed by atoms with Crippen LogP contribution in [0.25, 0.3) is 0 Å². The van der Waals surface area contributed by atoms with Gasteiger partial charge in [0.1, 0.15) is 5.75 Å². The first-order valence-corrected chi connectivity index (χ1v) is 5.43. The Morgan fingerprint density at radius 1 is 0.941 bits per heavy atom. The summed E-state index contributed by atoms with van der Waals surface area (Å²) in [6.45, 7) is 0. The Balaban J connectivity index is 1.88. The summed E-state index contributed by atoms with van der Waals surface area (Å²) in [5, 5.41) is 0. The van der Waals surface area contributed by atoms with Crippen molar-refractivity contribution in [2.24, 2.45) is 0 Å². The predicted molar refractivity (Wildman–Crippen MR) is 63.4 cm³/mol. The minimum atomic E-state index is -0.363. The van der Waals surface area contributed by atoms with Gasteiger partial charge in [-0.1, -0.05) is 30.3 Å². The van der Waals surface area contributed by atoms with Gasteiger partial charge in [-0.25, -0.2) is 0 Å². The van der Waals surface area contributed by atoms with E-state index in [4.69, 9.17) is 14.2 Å². The molecule has 0 fully saturated rings. The number of methoxy groups -OCH3 is 1. The summed E-state index contributed by atoms with van der Waals surface area (Å²) in [6.07, 6.45) is -0.363. The van der Waals surface area contributed by atoms with Crippen LogP contribution < -0.4 is 14.2 Å². The van der Waals surface area contributed by atoms with Gasteiger partial charge >= 0.3 is 0 Å². The van der Waals surface area contributed by atoms with E-state index in [9.17, 15) is 0 Å². The van der Waals surface area contributed by atoms with Crippen molar-refractivity contribution in [3.05, 3.63) is 54.1 Å². The highest BCUT2D eigenvalue weighted by Crippen LogP contribution is 2.42. The van der Waals surface area contributed by atoms with E-state index in [1.807, 2.05) is 48.5 Å². The summed E-state index contributed by atoms with van der Waals surface area (Å²) in [5.74, 6) is 2.24. The Labute approximate surface area is 99.6 Å². The highest BCUT2D eigenvalue weighted by Gasteiger charge is 2.25. The van der Waals surface area contributed by atoms with E-state index in [1.54, 1.807) is 7.11 Å². The average Bonchev–Trinajstić information content (AvgIpc) is 2.82. The van der Waals surface area contributed by atoms with Crippen LogP contribution in [-0.4, -0.2) is 7.11 Å². The lowest BCUT2D eigenvalue weighted by molar-refractivity contribution is 0.0487. The second kappa shape index (κ2) is 4.01. The van der Waals surface area contributed by atoms with Crippen LogP contribution in [0.5, 0.6) is 17.2 Å². The lowest BCUT2D eigenvalue weighted by atomic mass is 10.2. The molecule has 0 bridgehead atoms. The molecular formula is C14H12O3. The van der Waals surface area contributed by atoms with E-state index in [-0.39, 0.29) is 6.29 Å². The predicted octanol–water partition coefficient (Wildman–Crippen LogP) is 3.17. The number of hydrogen-bond donors (Lipinski definition) is 0. The molecule has 0 N–H and O–H groups in total. The topological polar surface area (TPSA) is 27.7 Å². The summed E-state index contributed by atoms with van der Waals surface area (Å²) in [7, 11) is 1.63. The maximum absolute atomic E-state index is 5.73. The summed E-state index contributed by atoms with van der Waals surface area (Å²) >= 11 is 0. The molecule has 0 spiro atoms. The lowest BCUT2D eigenvalue weighted by Crippen LogP contribution is -2.07. The SMILES string of the molecule is COc1ccc2c(c1)OC(c1ccccc1)O2. The zero-order valence-corrected chi connectivity index (χ0v) is 9.42. The summed E-state index contributed by atoms with van der Waals surface area (Å²) in [5.41, 5.74) is 1.00. The average molecular weight is 228 g/mol. The first kappa shape index (κ1) is 10.0. The fourth-order valence-electron chi connectivity index (χ4n) is 1.81. The van der Waals surface area contributed by atoms with Gasteiger partial charge in [0.25, 0.3) is 6.29 Å². The van der Waals surface area contributed by atoms with E-state index in [0.717, 1.165) is 22.8 Å². The maximum atomic E-state index is 5.73. The van der Waals surface area contributed by atoms with Crippen LogP contribution in [-0.2, 0) is 0 Å². The Morgan fingerprint density at radius 3 is 2.47 bits per heavy atom. The Hall–Kier alpha value is -2.16. The molecule has 0 saturated heterocycles. The van der Waals surface area contributed by atoms with Gasteiger partial charge in [-0.05, 0) is 12.1 Å². The van der Waals surface area contributed by atoms with Crippen LogP contribution in [0.1, 0.15) is 11.9 Å². The molecule has 17 heavy (non-hydrogen) atoms. The van der Waals surface area contributed by atoms with Crippen molar-refractivity contribution < 1.29 is 14.2 Å². The molecule has 0 amide bonds. The van der Waals surface area contributed by atoms with Gasteiger partial charge < -0.3 is 14.2 Å². The highest BCUT2D eigenvalue weighted by atomic mass is 16.7. The van der Waals surface area contributed by atoms with Crippen LogP contribution >= 0.6 is 0 Å². The van der Waals surface area contributed by atoms with Gasteiger partial charge in [-0.3, -0.25) is 0 Å². The first-order valence-electron chi connectivity index (χ1n) is 5.43. The second-order valence-electron chi connectivity index (χ2n) is 3.79. The van der Waals surface area contributed by atoms with Gasteiger partial charge in [-0.2, -0.15) is 0 Å². The normalized spacial score (nSPS) is 16.9. The van der Waals surface area contributed by atoms with E-state index >= 15 is 0 Å². The monoisotopic (exact) mass is 228 g/mol. The number of benzene rings is 2. The molecule has 3 heteroatoms. The third kappa shape index (κ3) is 1.80. The summed E-state index contributed by atoms with van der Waals surface area (Å²) < 4.78 is 16.6. The molecule has 2 aromatic rings. The summed E-state index contributed by atoms with van der Waals surface area (Å²) in [6, 6.07) is 15.4. The number of rotatable bonds is 2. The minimum Gasteiger partial charge on any atom is -0.497 e. The second-order valence-corrected chi connectivity index (χ2v) is 3.79. The van der Waals surface area contributed by atoms with Crippen molar-refractivity contribution in [3.63, 3.8) is 0 Å². The van der Waals surface area contributed by atoms with E-state index in [0.29, 0.717) is 0 Å². The molecule has 1 heterocycles. The molecule has 1 unspecified atom stereocenters. The molecule has 0 radical (unpaired) electrons. The molecule has 0 aromatic heterocycles. The Morgan fingerprint density at radius 2 is 1.71 bits per heavy atom. The van der Waals surface area contributed by atoms with Crippen LogP contribution in [0.15, 0.2) is 48.5 Å². The van der Waals surface area contributed by atoms with Gasteiger partial charge in [0.2, 0.25) is 0 Å². The zero-order chi connectivity index (χ0) is 11.7. The molecular weight excluding hydrogens is 216 g/mol. The van der Waals surface area contributed by atoms with Crippen molar-refractivity contribution in [1.82, 2.24) is 0 Å². The summed E-state index contributed by atoms with van der Waals surface area (Å²) in [4.78, 5) is 0. The Bertz CT molecular complexity index is 522. The fourth-order valence-corrected chi connectivity index (χ4v) is 1.81. The van der Waals surface area contributed by atoms with Gasteiger partial charge in [-0.15, -0.1) is 0 Å². The zero-order valence-electron chi connectivity index (χ0n) is 9.42. The van der Waals surface area contributed by atoms with Crippen LogP contribution in [0.4, 0.5) is 0 Å². The number of ether oxygens (including phenoxy) is 3. The molecule has 1 aliphatic rings. The molecule has 0 aliphatic carbocycles. The molecule has 1 atom stereocenters. The van der Waals surface area contributed by atoms with E-state index in [2.05, 4.69) is 0 Å². The molecule has 0 saturated carbocycles. The van der Waals surface area contributed by atoms with E-state index in [1.165, 1.54) is 0 Å². The van der Waals surface area contributed by atoms with Crippen LogP contribution in [0, 0.1) is 0 Å².